The van der Waals surface area contributed by atoms with Crippen LogP contribution in [0, 0.1) is 13.8 Å². The van der Waals surface area contributed by atoms with Gasteiger partial charge < -0.3 is 4.90 Å². The average Bonchev–Trinajstić information content (AvgIpc) is 2.80. The molecule has 0 saturated heterocycles. The third kappa shape index (κ3) is 5.65. The van der Waals surface area contributed by atoms with Gasteiger partial charge in [-0.25, -0.2) is 23.5 Å². The zero-order chi connectivity index (χ0) is 22.6. The number of primary sulfonamides is 1. The van der Waals surface area contributed by atoms with Gasteiger partial charge in [-0.15, -0.1) is 0 Å². The minimum Gasteiger partial charge on any atom is -0.329 e. The first-order valence-corrected chi connectivity index (χ1v) is 11.2. The Morgan fingerprint density at radius 2 is 1.84 bits per heavy atom. The maximum Gasteiger partial charge on any atom is 0.238 e. The number of anilines is 2. The number of aryl methyl sites for hydroxylation is 3. The van der Waals surface area contributed by atoms with Gasteiger partial charge in [0.25, 0.3) is 0 Å². The monoisotopic (exact) mass is 438 g/mol. The Morgan fingerprint density at radius 3 is 2.58 bits per heavy atom. The first kappa shape index (κ1) is 22.4. The van der Waals surface area contributed by atoms with Crippen molar-refractivity contribution in [3.8, 4) is 0 Å². The number of hydrogen-bond acceptors (Lipinski definition) is 6. The zero-order valence-electron chi connectivity index (χ0n) is 18.0. The van der Waals surface area contributed by atoms with Crippen LogP contribution < -0.4 is 10.0 Å². The van der Waals surface area contributed by atoms with Gasteiger partial charge in [0.05, 0.1) is 4.90 Å². The summed E-state index contributed by atoms with van der Waals surface area (Å²) < 4.78 is 25.4. The molecular weight excluding hydrogens is 412 g/mol. The fraction of sp³-hybridized carbons (Fsp3) is 0.227. The summed E-state index contributed by atoms with van der Waals surface area (Å²) in [6.07, 6.45) is 3.81. The molecule has 8 nitrogen and oxygen atoms in total. The molecule has 0 radical (unpaired) electrons. The molecule has 0 aliphatic carbocycles. The van der Waals surface area contributed by atoms with E-state index in [1.165, 1.54) is 0 Å². The summed E-state index contributed by atoms with van der Waals surface area (Å²) in [5.41, 5.74) is 3.30. The number of rotatable bonds is 5. The van der Waals surface area contributed by atoms with Crippen molar-refractivity contribution in [3.05, 3.63) is 83.6 Å². The van der Waals surface area contributed by atoms with Crippen molar-refractivity contribution in [1.82, 2.24) is 19.7 Å². The molecule has 9 heteroatoms. The van der Waals surface area contributed by atoms with Crippen LogP contribution in [0.5, 0.6) is 0 Å². The molecule has 2 aromatic heterocycles. The summed E-state index contributed by atoms with van der Waals surface area (Å²) in [5.74, 6) is 1.28. The maximum absolute atomic E-state index is 11.8. The molecular formula is C22H26N6O2S. The molecule has 0 bridgehead atoms. The molecule has 0 unspecified atom stereocenters. The summed E-state index contributed by atoms with van der Waals surface area (Å²) in [5, 5.41) is 9.69. The Kier molecular flexibility index (Phi) is 6.67. The van der Waals surface area contributed by atoms with Gasteiger partial charge in [0, 0.05) is 44.3 Å². The van der Waals surface area contributed by atoms with Crippen LogP contribution in [-0.2, 0) is 23.5 Å². The summed E-state index contributed by atoms with van der Waals surface area (Å²) in [4.78, 5) is 11.1. The Bertz CT molecular complexity index is 1220. The molecule has 2 N–H and O–H groups in total. The van der Waals surface area contributed by atoms with Crippen molar-refractivity contribution in [3.63, 3.8) is 0 Å². The number of hydrogen-bond donors (Lipinski definition) is 1. The molecule has 0 fully saturated rings. The van der Waals surface area contributed by atoms with Crippen molar-refractivity contribution in [2.24, 2.45) is 12.2 Å². The highest BCUT2D eigenvalue weighted by Crippen LogP contribution is 2.21. The third-order valence-corrected chi connectivity index (χ3v) is 6.00. The topological polar surface area (TPSA) is 107 Å². The third-order valence-electron chi connectivity index (χ3n) is 4.94. The first-order chi connectivity index (χ1) is 14.6. The van der Waals surface area contributed by atoms with E-state index in [0.29, 0.717) is 23.6 Å². The number of benzene rings is 1. The van der Waals surface area contributed by atoms with Gasteiger partial charge in [0.1, 0.15) is 11.6 Å². The van der Waals surface area contributed by atoms with Crippen LogP contribution in [0.1, 0.15) is 22.6 Å². The molecule has 0 saturated carbocycles. The number of aromatic nitrogens is 4. The lowest BCUT2D eigenvalue weighted by atomic mass is 10.1. The van der Waals surface area contributed by atoms with E-state index in [2.05, 4.69) is 15.1 Å². The van der Waals surface area contributed by atoms with E-state index in [1.54, 1.807) is 36.1 Å². The van der Waals surface area contributed by atoms with E-state index in [-0.39, 0.29) is 4.90 Å². The second-order valence-electron chi connectivity index (χ2n) is 7.26. The predicted molar refractivity (Wildman–Crippen MR) is 121 cm³/mol. The van der Waals surface area contributed by atoms with Crippen LogP contribution in [0.25, 0.3) is 0 Å². The van der Waals surface area contributed by atoms with Gasteiger partial charge in [0.15, 0.2) is 0 Å². The van der Waals surface area contributed by atoms with Crippen LogP contribution in [0.4, 0.5) is 11.5 Å². The summed E-state index contributed by atoms with van der Waals surface area (Å²) >= 11 is 0. The highest BCUT2D eigenvalue weighted by Gasteiger charge is 2.13. The maximum atomic E-state index is 11.8. The van der Waals surface area contributed by atoms with Crippen LogP contribution in [0.2, 0.25) is 0 Å². The van der Waals surface area contributed by atoms with E-state index < -0.39 is 10.0 Å². The largest absolute Gasteiger partial charge is 0.329 e. The molecule has 31 heavy (non-hydrogen) atoms. The first-order valence-electron chi connectivity index (χ1n) is 9.66. The van der Waals surface area contributed by atoms with Crippen molar-refractivity contribution in [2.45, 2.75) is 25.2 Å². The summed E-state index contributed by atoms with van der Waals surface area (Å²) in [7, 11) is 0.0204. The van der Waals surface area contributed by atoms with Crippen molar-refractivity contribution in [2.75, 3.05) is 11.9 Å². The fourth-order valence-corrected chi connectivity index (χ4v) is 3.84. The lowest BCUT2D eigenvalue weighted by Gasteiger charge is -2.18. The molecule has 0 spiro atoms. The molecule has 0 atom stereocenters. The lowest BCUT2D eigenvalue weighted by Crippen LogP contribution is -2.14. The molecule has 0 amide bonds. The second-order valence-corrected chi connectivity index (χ2v) is 8.79. The van der Waals surface area contributed by atoms with Gasteiger partial charge in [-0.2, -0.15) is 5.10 Å². The van der Waals surface area contributed by atoms with Gasteiger partial charge in [-0.1, -0.05) is 18.2 Å². The summed E-state index contributed by atoms with van der Waals surface area (Å²) in [6.45, 7) is 3.70. The highest BCUT2D eigenvalue weighted by atomic mass is 32.2. The highest BCUT2D eigenvalue weighted by molar-refractivity contribution is 7.89. The van der Waals surface area contributed by atoms with Gasteiger partial charge in [-0.3, -0.25) is 4.68 Å². The molecule has 2 heterocycles. The van der Waals surface area contributed by atoms with E-state index in [0.717, 1.165) is 16.9 Å². The Labute approximate surface area is 182 Å². The van der Waals surface area contributed by atoms with E-state index in [9.17, 15) is 8.42 Å². The molecule has 3 aromatic rings. The Hall–Kier alpha value is -3.30. The van der Waals surface area contributed by atoms with Gasteiger partial charge in [0.2, 0.25) is 10.0 Å². The van der Waals surface area contributed by atoms with Crippen LogP contribution in [0.3, 0.4) is 0 Å². The SMILES string of the molecule is Cc1ccc(Cc2nccc(N(C)c3cccc(C)n(C)ncc3)n2)cc1S(N)(=O)=O. The zero-order valence-corrected chi connectivity index (χ0v) is 18.8. The van der Waals surface area contributed by atoms with Gasteiger partial charge in [-0.05, 0) is 55.3 Å². The smallest absolute Gasteiger partial charge is 0.238 e. The summed E-state index contributed by atoms with van der Waals surface area (Å²) in [6, 6.07) is 14.8. The van der Waals surface area contributed by atoms with Crippen molar-refractivity contribution in [1.29, 1.82) is 0 Å². The number of nitrogens with two attached hydrogens (primary N) is 1. The molecule has 1 aromatic carbocycles. The molecule has 0 aliphatic rings. The van der Waals surface area contributed by atoms with Crippen LogP contribution in [0.15, 0.2) is 65.8 Å². The normalized spacial score (nSPS) is 11.1. The van der Waals surface area contributed by atoms with Gasteiger partial charge >= 0.3 is 0 Å². The second kappa shape index (κ2) is 9.23. The Balaban J connectivity index is 1.91. The molecule has 0 aliphatic heterocycles. The molecule has 3 rings (SSSR count). The predicted octanol–water partition coefficient (Wildman–Crippen LogP) is 2.96. The fourth-order valence-electron chi connectivity index (χ4n) is 3.01. The average molecular weight is 439 g/mol. The minimum absolute atomic E-state index is 0.117. The van der Waals surface area contributed by atoms with E-state index >= 15 is 0 Å². The van der Waals surface area contributed by atoms with E-state index in [1.807, 2.05) is 62.3 Å². The standard InChI is InChI=1S/C22H26N6O2S/c1-16-8-9-18(14-20(16)31(23,29)30)15-21-24-12-11-22(26-21)27(3)19-7-5-6-17(2)28(4)25-13-10-19/h5-14H,15H2,1-4H3,(H2,23,29,30). The van der Waals surface area contributed by atoms with Crippen molar-refractivity contribution < 1.29 is 8.42 Å². The van der Waals surface area contributed by atoms with Crippen LogP contribution in [-0.4, -0.2) is 35.2 Å². The number of nitrogens with zero attached hydrogens (tertiary/aromatic N) is 5. The Morgan fingerprint density at radius 1 is 1.06 bits per heavy atom. The molecule has 162 valence electrons. The van der Waals surface area contributed by atoms with Crippen LogP contribution >= 0.6 is 0 Å². The van der Waals surface area contributed by atoms with Crippen molar-refractivity contribution >= 4 is 21.5 Å². The quantitative estimate of drug-likeness (QED) is 0.656. The van der Waals surface area contributed by atoms with E-state index in [4.69, 9.17) is 5.14 Å². The number of sulfonamides is 1. The minimum atomic E-state index is -3.79. The lowest BCUT2D eigenvalue weighted by molar-refractivity contribution is 0.597.